The van der Waals surface area contributed by atoms with Crippen LogP contribution in [-0.2, 0) is 4.79 Å². The van der Waals surface area contributed by atoms with Gasteiger partial charge in [-0.05, 0) is 12.1 Å². The second kappa shape index (κ2) is 7.10. The van der Waals surface area contributed by atoms with E-state index < -0.39 is 23.6 Å². The molecule has 0 aliphatic carbocycles. The molecular weight excluding hydrogens is 256 g/mol. The van der Waals surface area contributed by atoms with Gasteiger partial charge in [0.25, 0.3) is 0 Å². The SMILES string of the molecule is C=CCNC(=O)NCC(=O)Nc1ccc(F)c(F)c1. The Morgan fingerprint density at radius 2 is 1.95 bits per heavy atom. The maximum Gasteiger partial charge on any atom is 0.315 e. The summed E-state index contributed by atoms with van der Waals surface area (Å²) in [6.45, 7) is 3.40. The lowest BCUT2D eigenvalue weighted by Gasteiger charge is -2.07. The zero-order valence-electron chi connectivity index (χ0n) is 10.0. The highest BCUT2D eigenvalue weighted by Gasteiger charge is 2.07. The molecule has 0 saturated carbocycles. The third-order valence-electron chi connectivity index (χ3n) is 2.02. The fraction of sp³-hybridized carbons (Fsp3) is 0.167. The Morgan fingerprint density at radius 3 is 2.58 bits per heavy atom. The van der Waals surface area contributed by atoms with Crippen molar-refractivity contribution in [2.45, 2.75) is 0 Å². The lowest BCUT2D eigenvalue weighted by atomic mass is 10.3. The van der Waals surface area contributed by atoms with Crippen molar-refractivity contribution in [3.05, 3.63) is 42.5 Å². The first-order chi connectivity index (χ1) is 9.02. The molecule has 0 saturated heterocycles. The molecule has 0 unspecified atom stereocenters. The third kappa shape index (κ3) is 5.15. The predicted molar refractivity (Wildman–Crippen MR) is 66.6 cm³/mol. The molecule has 0 fully saturated rings. The highest BCUT2D eigenvalue weighted by molar-refractivity contribution is 5.94. The number of anilines is 1. The van der Waals surface area contributed by atoms with Crippen LogP contribution in [0.15, 0.2) is 30.9 Å². The van der Waals surface area contributed by atoms with Crippen LogP contribution >= 0.6 is 0 Å². The standard InChI is InChI=1S/C12H13F2N3O2/c1-2-5-15-12(19)16-7-11(18)17-8-3-4-9(13)10(14)6-8/h2-4,6H,1,5,7H2,(H,17,18)(H2,15,16,19). The molecule has 0 radical (unpaired) electrons. The van der Waals surface area contributed by atoms with Crippen molar-refractivity contribution in [1.29, 1.82) is 0 Å². The lowest BCUT2D eigenvalue weighted by Crippen LogP contribution is -2.40. The van der Waals surface area contributed by atoms with Gasteiger partial charge in [-0.3, -0.25) is 4.79 Å². The average Bonchev–Trinajstić information content (AvgIpc) is 2.38. The molecule has 0 spiro atoms. The summed E-state index contributed by atoms with van der Waals surface area (Å²) in [7, 11) is 0. The molecule has 0 heterocycles. The number of hydrogen-bond acceptors (Lipinski definition) is 2. The number of rotatable bonds is 5. The quantitative estimate of drug-likeness (QED) is 0.707. The van der Waals surface area contributed by atoms with E-state index in [4.69, 9.17) is 0 Å². The molecule has 3 amide bonds. The Bertz CT molecular complexity index is 492. The third-order valence-corrected chi connectivity index (χ3v) is 2.02. The molecule has 3 N–H and O–H groups in total. The van der Waals surface area contributed by atoms with Crippen molar-refractivity contribution >= 4 is 17.6 Å². The van der Waals surface area contributed by atoms with E-state index in [0.717, 1.165) is 12.1 Å². The topological polar surface area (TPSA) is 70.2 Å². The highest BCUT2D eigenvalue weighted by Crippen LogP contribution is 2.12. The number of carbonyl (C=O) groups is 2. The molecule has 0 atom stereocenters. The van der Waals surface area contributed by atoms with E-state index in [1.54, 1.807) is 0 Å². The van der Waals surface area contributed by atoms with Crippen molar-refractivity contribution in [2.24, 2.45) is 0 Å². The molecule has 7 heteroatoms. The summed E-state index contributed by atoms with van der Waals surface area (Å²) in [5.74, 6) is -2.62. The van der Waals surface area contributed by atoms with E-state index in [-0.39, 0.29) is 18.8 Å². The van der Waals surface area contributed by atoms with E-state index >= 15 is 0 Å². The normalized spacial score (nSPS) is 9.58. The van der Waals surface area contributed by atoms with Crippen LogP contribution in [0.5, 0.6) is 0 Å². The number of benzene rings is 1. The van der Waals surface area contributed by atoms with E-state index in [0.29, 0.717) is 0 Å². The van der Waals surface area contributed by atoms with Crippen LogP contribution in [0.1, 0.15) is 0 Å². The van der Waals surface area contributed by atoms with Gasteiger partial charge in [-0.1, -0.05) is 6.08 Å². The van der Waals surface area contributed by atoms with Gasteiger partial charge < -0.3 is 16.0 Å². The number of hydrogen-bond donors (Lipinski definition) is 3. The zero-order valence-corrected chi connectivity index (χ0v) is 10.0. The molecule has 0 bridgehead atoms. The fourth-order valence-electron chi connectivity index (χ4n) is 1.17. The Morgan fingerprint density at radius 1 is 1.21 bits per heavy atom. The molecule has 0 aliphatic heterocycles. The predicted octanol–water partition coefficient (Wildman–Crippen LogP) is 1.39. The van der Waals surface area contributed by atoms with Gasteiger partial charge in [0.1, 0.15) is 0 Å². The Hall–Kier alpha value is -2.44. The number of nitrogens with one attached hydrogen (secondary N) is 3. The maximum atomic E-state index is 12.9. The van der Waals surface area contributed by atoms with Gasteiger partial charge in [0.2, 0.25) is 5.91 Å². The highest BCUT2D eigenvalue weighted by atomic mass is 19.2. The molecule has 19 heavy (non-hydrogen) atoms. The number of carbonyl (C=O) groups excluding carboxylic acids is 2. The number of amides is 3. The summed E-state index contributed by atoms with van der Waals surface area (Å²) in [4.78, 5) is 22.5. The first kappa shape index (κ1) is 14.6. The van der Waals surface area contributed by atoms with Gasteiger partial charge in [0.05, 0.1) is 6.54 Å². The van der Waals surface area contributed by atoms with Crippen molar-refractivity contribution in [3.8, 4) is 0 Å². The molecule has 5 nitrogen and oxygen atoms in total. The first-order valence-corrected chi connectivity index (χ1v) is 5.40. The zero-order chi connectivity index (χ0) is 14.3. The summed E-state index contributed by atoms with van der Waals surface area (Å²) in [6, 6.07) is 2.44. The monoisotopic (exact) mass is 269 g/mol. The minimum atomic E-state index is -1.06. The van der Waals surface area contributed by atoms with Gasteiger partial charge in [-0.25, -0.2) is 13.6 Å². The molecule has 0 aliphatic rings. The minimum absolute atomic E-state index is 0.109. The molecule has 1 aromatic carbocycles. The van der Waals surface area contributed by atoms with Crippen LogP contribution < -0.4 is 16.0 Å². The van der Waals surface area contributed by atoms with Crippen LogP contribution in [0.2, 0.25) is 0 Å². The van der Waals surface area contributed by atoms with Crippen molar-refractivity contribution in [2.75, 3.05) is 18.4 Å². The second-order valence-electron chi connectivity index (χ2n) is 3.53. The molecule has 102 valence electrons. The molecule has 1 aromatic rings. The van der Waals surface area contributed by atoms with Crippen molar-refractivity contribution in [3.63, 3.8) is 0 Å². The molecule has 0 aromatic heterocycles. The smallest absolute Gasteiger partial charge is 0.315 e. The van der Waals surface area contributed by atoms with Crippen LogP contribution in [0.3, 0.4) is 0 Å². The van der Waals surface area contributed by atoms with Crippen LogP contribution in [0, 0.1) is 11.6 Å². The van der Waals surface area contributed by atoms with Gasteiger partial charge in [-0.2, -0.15) is 0 Å². The van der Waals surface area contributed by atoms with Crippen molar-refractivity contribution in [1.82, 2.24) is 10.6 Å². The summed E-state index contributed by atoms with van der Waals surface area (Å²) in [6.07, 6.45) is 1.49. The van der Waals surface area contributed by atoms with Gasteiger partial charge in [0, 0.05) is 18.3 Å². The van der Waals surface area contributed by atoms with Gasteiger partial charge in [0.15, 0.2) is 11.6 Å². The summed E-state index contributed by atoms with van der Waals surface area (Å²) < 4.78 is 25.5. The van der Waals surface area contributed by atoms with E-state index in [9.17, 15) is 18.4 Å². The van der Waals surface area contributed by atoms with E-state index in [1.165, 1.54) is 12.1 Å². The largest absolute Gasteiger partial charge is 0.335 e. The van der Waals surface area contributed by atoms with Gasteiger partial charge >= 0.3 is 6.03 Å². The van der Waals surface area contributed by atoms with Crippen molar-refractivity contribution < 1.29 is 18.4 Å². The Balaban J connectivity index is 2.40. The molecule has 1 rings (SSSR count). The average molecular weight is 269 g/mol. The summed E-state index contributed by atoms with van der Waals surface area (Å²) in [5.41, 5.74) is 0.109. The number of halogens is 2. The minimum Gasteiger partial charge on any atom is -0.335 e. The van der Waals surface area contributed by atoms with E-state index in [2.05, 4.69) is 22.5 Å². The lowest BCUT2D eigenvalue weighted by molar-refractivity contribution is -0.115. The Labute approximate surface area is 108 Å². The van der Waals surface area contributed by atoms with Crippen LogP contribution in [0.25, 0.3) is 0 Å². The fourth-order valence-corrected chi connectivity index (χ4v) is 1.17. The first-order valence-electron chi connectivity index (χ1n) is 5.40. The Kier molecular flexibility index (Phi) is 5.46. The van der Waals surface area contributed by atoms with Crippen LogP contribution in [-0.4, -0.2) is 25.0 Å². The van der Waals surface area contributed by atoms with Crippen LogP contribution in [0.4, 0.5) is 19.3 Å². The second-order valence-corrected chi connectivity index (χ2v) is 3.53. The number of urea groups is 1. The summed E-state index contributed by atoms with van der Waals surface area (Å²) in [5, 5.41) is 7.01. The maximum absolute atomic E-state index is 12.9. The summed E-state index contributed by atoms with van der Waals surface area (Å²) >= 11 is 0. The van der Waals surface area contributed by atoms with Gasteiger partial charge in [-0.15, -0.1) is 6.58 Å². The molecular formula is C12H13F2N3O2. The van der Waals surface area contributed by atoms with E-state index in [1.807, 2.05) is 0 Å².